The molecule has 56 valence electrons. The van der Waals surface area contributed by atoms with E-state index in [0.717, 1.165) is 5.82 Å². The van der Waals surface area contributed by atoms with Gasteiger partial charge in [-0.05, 0) is 0 Å². The standard InChI is InChI=1S/C7H8F2Se/c1-10(8,9)7-5-3-2-4-6-7/h2-6H,1H3. The van der Waals surface area contributed by atoms with Gasteiger partial charge < -0.3 is 0 Å². The van der Waals surface area contributed by atoms with E-state index in [-0.39, 0.29) is 4.46 Å². The molecule has 1 rings (SSSR count). The van der Waals surface area contributed by atoms with Crippen molar-refractivity contribution < 1.29 is 7.10 Å². The summed E-state index contributed by atoms with van der Waals surface area (Å²) < 4.78 is 25.4. The molecule has 0 unspecified atom stereocenters. The Morgan fingerprint density at radius 2 is 1.60 bits per heavy atom. The van der Waals surface area contributed by atoms with Crippen LogP contribution in [-0.2, 0) is 0 Å². The minimum absolute atomic E-state index is 0.221. The molecule has 0 N–H and O–H groups in total. The fourth-order valence-corrected chi connectivity index (χ4v) is 1.99. The van der Waals surface area contributed by atoms with E-state index in [4.69, 9.17) is 0 Å². The average molecular weight is 209 g/mol. The van der Waals surface area contributed by atoms with Gasteiger partial charge >= 0.3 is 61.5 Å². The molecular formula is C7H8F2Se. The zero-order chi connectivity index (χ0) is 7.61. The van der Waals surface area contributed by atoms with Gasteiger partial charge in [0.05, 0.1) is 0 Å². The van der Waals surface area contributed by atoms with Crippen LogP contribution >= 0.6 is 0 Å². The topological polar surface area (TPSA) is 0 Å². The number of hydrogen-bond donors (Lipinski definition) is 0. The first-order valence-corrected chi connectivity index (χ1v) is 6.70. The van der Waals surface area contributed by atoms with Crippen molar-refractivity contribution in [2.75, 3.05) is 0 Å². The molecule has 0 saturated heterocycles. The normalized spacial score (nSPS) is 13.1. The molecule has 1 aromatic rings. The predicted molar refractivity (Wildman–Crippen MR) is 39.9 cm³/mol. The van der Waals surface area contributed by atoms with Crippen molar-refractivity contribution in [1.82, 2.24) is 0 Å². The molecule has 0 nitrogen and oxygen atoms in total. The van der Waals surface area contributed by atoms with E-state index < -0.39 is 13.8 Å². The van der Waals surface area contributed by atoms with Crippen LogP contribution in [0.15, 0.2) is 30.3 Å². The average Bonchev–Trinajstić information content (AvgIpc) is 1.88. The van der Waals surface area contributed by atoms with Crippen LogP contribution in [0.1, 0.15) is 0 Å². The molecule has 0 atom stereocenters. The second kappa shape index (κ2) is 2.69. The van der Waals surface area contributed by atoms with Crippen molar-refractivity contribution in [3.05, 3.63) is 30.3 Å². The van der Waals surface area contributed by atoms with E-state index in [1.807, 2.05) is 0 Å². The van der Waals surface area contributed by atoms with E-state index in [1.54, 1.807) is 18.2 Å². The maximum atomic E-state index is 12.6. The first kappa shape index (κ1) is 7.70. The van der Waals surface area contributed by atoms with Crippen molar-refractivity contribution in [2.45, 2.75) is 5.82 Å². The molecule has 0 bridgehead atoms. The van der Waals surface area contributed by atoms with Crippen LogP contribution < -0.4 is 4.46 Å². The Morgan fingerprint density at radius 1 is 1.10 bits per heavy atom. The number of rotatable bonds is 1. The second-order valence-electron chi connectivity index (χ2n) is 2.04. The molecule has 0 aliphatic heterocycles. The third-order valence-electron chi connectivity index (χ3n) is 1.16. The van der Waals surface area contributed by atoms with Crippen LogP contribution in [0, 0.1) is 0 Å². The van der Waals surface area contributed by atoms with Gasteiger partial charge in [-0.3, -0.25) is 0 Å². The predicted octanol–water partition coefficient (Wildman–Crippen LogP) is 1.90. The first-order chi connectivity index (χ1) is 4.61. The Labute approximate surface area is 62.0 Å². The molecule has 0 aliphatic rings. The molecule has 0 radical (unpaired) electrons. The van der Waals surface area contributed by atoms with Crippen LogP contribution in [0.25, 0.3) is 0 Å². The molecule has 0 fully saturated rings. The zero-order valence-corrected chi connectivity index (χ0v) is 7.26. The zero-order valence-electron chi connectivity index (χ0n) is 5.55. The molecule has 1 aromatic carbocycles. The minimum atomic E-state index is -4.20. The van der Waals surface area contributed by atoms with Crippen LogP contribution in [0.5, 0.6) is 0 Å². The van der Waals surface area contributed by atoms with Crippen molar-refractivity contribution in [3.8, 4) is 0 Å². The molecule has 10 heavy (non-hydrogen) atoms. The number of benzene rings is 1. The van der Waals surface area contributed by atoms with Crippen LogP contribution in [0.2, 0.25) is 5.82 Å². The fraction of sp³-hybridized carbons (Fsp3) is 0.143. The summed E-state index contributed by atoms with van der Waals surface area (Å²) in [7, 11) is 0. The Balaban J connectivity index is 2.97. The maximum absolute atomic E-state index is 12.6. The van der Waals surface area contributed by atoms with Gasteiger partial charge in [0, 0.05) is 0 Å². The van der Waals surface area contributed by atoms with Gasteiger partial charge in [-0.15, -0.1) is 0 Å². The summed E-state index contributed by atoms with van der Waals surface area (Å²) in [5.74, 6) is 1.05. The fourth-order valence-electron chi connectivity index (χ4n) is 0.659. The summed E-state index contributed by atoms with van der Waals surface area (Å²) in [6, 6.07) is 8.00. The molecule has 0 spiro atoms. The van der Waals surface area contributed by atoms with Gasteiger partial charge in [-0.25, -0.2) is 0 Å². The summed E-state index contributed by atoms with van der Waals surface area (Å²) in [4.78, 5) is 0. The van der Waals surface area contributed by atoms with Crippen molar-refractivity contribution in [2.24, 2.45) is 0 Å². The van der Waals surface area contributed by atoms with E-state index in [1.165, 1.54) is 12.1 Å². The summed E-state index contributed by atoms with van der Waals surface area (Å²) in [6.07, 6.45) is 0. The van der Waals surface area contributed by atoms with E-state index in [9.17, 15) is 7.10 Å². The Kier molecular flexibility index (Phi) is 2.07. The Morgan fingerprint density at radius 3 is 1.90 bits per heavy atom. The SMILES string of the molecule is C[Se](F)(F)c1ccccc1. The van der Waals surface area contributed by atoms with Gasteiger partial charge in [0.1, 0.15) is 0 Å². The molecule has 0 amide bonds. The quantitative estimate of drug-likeness (QED) is 0.619. The Hall–Kier alpha value is -0.401. The van der Waals surface area contributed by atoms with E-state index in [2.05, 4.69) is 0 Å². The van der Waals surface area contributed by atoms with Crippen LogP contribution in [0.4, 0.5) is 7.10 Å². The molecular weight excluding hydrogens is 201 g/mol. The summed E-state index contributed by atoms with van der Waals surface area (Å²) in [5.41, 5.74) is 0. The van der Waals surface area contributed by atoms with Crippen LogP contribution in [-0.4, -0.2) is 13.8 Å². The molecule has 3 heteroatoms. The molecule has 0 saturated carbocycles. The first-order valence-electron chi connectivity index (χ1n) is 2.83. The van der Waals surface area contributed by atoms with Crippen molar-refractivity contribution in [3.63, 3.8) is 0 Å². The van der Waals surface area contributed by atoms with Crippen molar-refractivity contribution in [1.29, 1.82) is 0 Å². The van der Waals surface area contributed by atoms with Gasteiger partial charge in [0.2, 0.25) is 0 Å². The van der Waals surface area contributed by atoms with Crippen LogP contribution in [0.3, 0.4) is 0 Å². The molecule has 0 aliphatic carbocycles. The summed E-state index contributed by atoms with van der Waals surface area (Å²) in [5, 5.41) is 0. The monoisotopic (exact) mass is 210 g/mol. The molecule has 0 aromatic heterocycles. The third-order valence-corrected chi connectivity index (χ3v) is 3.46. The van der Waals surface area contributed by atoms with Gasteiger partial charge in [-0.1, -0.05) is 0 Å². The number of hydrogen-bond acceptors (Lipinski definition) is 0. The third kappa shape index (κ3) is 1.79. The molecule has 0 heterocycles. The second-order valence-corrected chi connectivity index (χ2v) is 6.07. The number of halogens is 2. The summed E-state index contributed by atoms with van der Waals surface area (Å²) in [6.45, 7) is 0. The van der Waals surface area contributed by atoms with E-state index in [0.29, 0.717) is 0 Å². The van der Waals surface area contributed by atoms with Gasteiger partial charge in [-0.2, -0.15) is 0 Å². The summed E-state index contributed by atoms with van der Waals surface area (Å²) >= 11 is -4.20. The Bertz CT molecular complexity index is 203. The van der Waals surface area contributed by atoms with Gasteiger partial charge in [0.25, 0.3) is 0 Å². The van der Waals surface area contributed by atoms with Gasteiger partial charge in [0.15, 0.2) is 0 Å². The van der Waals surface area contributed by atoms with E-state index >= 15 is 0 Å². The van der Waals surface area contributed by atoms with Crippen molar-refractivity contribution >= 4 is 18.2 Å².